The number of hydrogen-bond donors (Lipinski definition) is 2. The van der Waals surface area contributed by atoms with Crippen LogP contribution in [0.2, 0.25) is 0 Å². The maximum atomic E-state index is 13.0. The van der Waals surface area contributed by atoms with Gasteiger partial charge in [0.2, 0.25) is 0 Å². The van der Waals surface area contributed by atoms with Gasteiger partial charge in [0.1, 0.15) is 23.9 Å². The SMILES string of the molecule is CCCC(=O)O[C@H]1C=C[C@]2(C)[C@@H](OC(C)=O)C[C@@H](O)/C(C)=C/[C@@H]3OC(=O)[C@]4(C)O[C@]34[C@@H](OC(C)=O)[C@H]2[C@@]1(C)O. The van der Waals surface area contributed by atoms with Crippen LogP contribution < -0.4 is 0 Å². The van der Waals surface area contributed by atoms with Gasteiger partial charge in [-0.1, -0.05) is 19.9 Å². The minimum Gasteiger partial charge on any atom is -0.462 e. The van der Waals surface area contributed by atoms with Gasteiger partial charge in [-0.15, -0.1) is 0 Å². The Kier molecular flexibility index (Phi) is 7.27. The van der Waals surface area contributed by atoms with E-state index in [4.69, 9.17) is 23.7 Å². The first-order chi connectivity index (χ1) is 18.0. The summed E-state index contributed by atoms with van der Waals surface area (Å²) >= 11 is 0. The second-order valence-corrected chi connectivity index (χ2v) is 11.6. The number of fused-ring (bicyclic) bond motifs is 1. The zero-order valence-electron chi connectivity index (χ0n) is 23.4. The van der Waals surface area contributed by atoms with Crippen molar-refractivity contribution in [2.24, 2.45) is 11.3 Å². The Morgan fingerprint density at radius 3 is 2.31 bits per heavy atom. The highest BCUT2D eigenvalue weighted by molar-refractivity contribution is 5.89. The van der Waals surface area contributed by atoms with Gasteiger partial charge in [-0.25, -0.2) is 4.79 Å². The fraction of sp³-hybridized carbons (Fsp3) is 0.714. The van der Waals surface area contributed by atoms with Gasteiger partial charge in [-0.3, -0.25) is 14.4 Å². The van der Waals surface area contributed by atoms with E-state index in [9.17, 15) is 29.4 Å². The second kappa shape index (κ2) is 9.71. The molecule has 0 amide bonds. The highest BCUT2D eigenvalue weighted by Crippen LogP contribution is 2.65. The maximum absolute atomic E-state index is 13.0. The number of esters is 4. The van der Waals surface area contributed by atoms with E-state index < -0.39 is 82.5 Å². The average Bonchev–Trinajstić information content (AvgIpc) is 3.40. The van der Waals surface area contributed by atoms with Gasteiger partial charge in [0.15, 0.2) is 17.3 Å². The molecule has 11 nitrogen and oxygen atoms in total. The van der Waals surface area contributed by atoms with Crippen molar-refractivity contribution in [2.45, 2.75) is 115 Å². The monoisotopic (exact) mass is 550 g/mol. The first-order valence-corrected chi connectivity index (χ1v) is 13.3. The van der Waals surface area contributed by atoms with E-state index in [2.05, 4.69) is 0 Å². The minimum absolute atomic E-state index is 0.0752. The number of aliphatic hydroxyl groups is 2. The normalized spacial score (nSPS) is 45.9. The lowest BCUT2D eigenvalue weighted by Gasteiger charge is -2.55. The van der Waals surface area contributed by atoms with Crippen molar-refractivity contribution >= 4 is 23.9 Å². The molecule has 0 aromatic rings. The number of ether oxygens (including phenoxy) is 5. The molecule has 2 aliphatic carbocycles. The van der Waals surface area contributed by atoms with E-state index in [0.29, 0.717) is 12.0 Å². The van der Waals surface area contributed by atoms with Crippen molar-refractivity contribution in [1.29, 1.82) is 0 Å². The smallest absolute Gasteiger partial charge is 0.342 e. The van der Waals surface area contributed by atoms with Crippen LogP contribution in [0.1, 0.15) is 67.7 Å². The molecule has 0 bridgehead atoms. The van der Waals surface area contributed by atoms with Crippen molar-refractivity contribution in [3.63, 3.8) is 0 Å². The third-order valence-electron chi connectivity index (χ3n) is 8.74. The predicted octanol–water partition coefficient (Wildman–Crippen LogP) is 1.67. The van der Waals surface area contributed by atoms with Crippen molar-refractivity contribution in [3.05, 3.63) is 23.8 Å². The van der Waals surface area contributed by atoms with Crippen molar-refractivity contribution in [2.75, 3.05) is 0 Å². The summed E-state index contributed by atoms with van der Waals surface area (Å²) in [6.45, 7) is 10.5. The summed E-state index contributed by atoms with van der Waals surface area (Å²) in [5, 5.41) is 23.4. The van der Waals surface area contributed by atoms with Crippen LogP contribution >= 0.6 is 0 Å². The fourth-order valence-electron chi connectivity index (χ4n) is 6.66. The van der Waals surface area contributed by atoms with Crippen LogP contribution in [0.25, 0.3) is 0 Å². The number of carbonyl (C=O) groups excluding carboxylic acids is 4. The molecule has 0 radical (unpaired) electrons. The Morgan fingerprint density at radius 2 is 1.74 bits per heavy atom. The van der Waals surface area contributed by atoms with Gasteiger partial charge in [-0.05, 0) is 44.9 Å². The molecule has 4 rings (SSSR count). The van der Waals surface area contributed by atoms with Crippen molar-refractivity contribution in [3.8, 4) is 0 Å². The minimum atomic E-state index is -1.92. The molecule has 2 aliphatic heterocycles. The van der Waals surface area contributed by atoms with Crippen molar-refractivity contribution < 1.29 is 53.1 Å². The van der Waals surface area contributed by atoms with Gasteiger partial charge in [0.05, 0.1) is 6.10 Å². The molecule has 0 unspecified atom stereocenters. The second-order valence-electron chi connectivity index (χ2n) is 11.6. The van der Waals surface area contributed by atoms with Crippen molar-refractivity contribution in [1.82, 2.24) is 0 Å². The highest BCUT2D eigenvalue weighted by Gasteiger charge is 2.87. The molecule has 0 saturated carbocycles. The largest absolute Gasteiger partial charge is 0.462 e. The molecule has 2 N–H and O–H groups in total. The summed E-state index contributed by atoms with van der Waals surface area (Å²) in [6.07, 6.45) is -0.415. The van der Waals surface area contributed by atoms with Gasteiger partial charge in [0, 0.05) is 38.0 Å². The number of epoxide rings is 1. The first kappa shape index (κ1) is 29.2. The lowest BCUT2D eigenvalue weighted by Crippen LogP contribution is -2.67. The van der Waals surface area contributed by atoms with Gasteiger partial charge in [0.25, 0.3) is 0 Å². The Labute approximate surface area is 227 Å². The Morgan fingerprint density at radius 1 is 1.10 bits per heavy atom. The van der Waals surface area contributed by atoms with Gasteiger partial charge in [-0.2, -0.15) is 0 Å². The molecule has 2 fully saturated rings. The summed E-state index contributed by atoms with van der Waals surface area (Å²) < 4.78 is 29.1. The summed E-state index contributed by atoms with van der Waals surface area (Å²) in [7, 11) is 0. The molecule has 1 spiro atoms. The lowest BCUT2D eigenvalue weighted by atomic mass is 9.55. The predicted molar refractivity (Wildman–Crippen MR) is 134 cm³/mol. The van der Waals surface area contributed by atoms with Crippen LogP contribution in [0, 0.1) is 11.3 Å². The Hall–Kier alpha value is -2.76. The Balaban J connectivity index is 1.98. The number of rotatable bonds is 5. The van der Waals surface area contributed by atoms with Gasteiger partial charge < -0.3 is 33.9 Å². The highest BCUT2D eigenvalue weighted by atomic mass is 16.7. The summed E-state index contributed by atoms with van der Waals surface area (Å²) in [5.74, 6) is -3.71. The molecular formula is C28H38O11. The van der Waals surface area contributed by atoms with E-state index >= 15 is 0 Å². The lowest BCUT2D eigenvalue weighted by molar-refractivity contribution is -0.220. The zero-order chi connectivity index (χ0) is 29.1. The summed E-state index contributed by atoms with van der Waals surface area (Å²) in [5.41, 5.74) is -5.90. The van der Waals surface area contributed by atoms with Crippen LogP contribution in [-0.2, 0) is 42.9 Å². The third kappa shape index (κ3) is 4.48. The Bertz CT molecular complexity index is 1120. The van der Waals surface area contributed by atoms with Gasteiger partial charge >= 0.3 is 23.9 Å². The van der Waals surface area contributed by atoms with Crippen LogP contribution in [0.15, 0.2) is 23.8 Å². The van der Waals surface area contributed by atoms with E-state index in [-0.39, 0.29) is 12.8 Å². The fourth-order valence-corrected chi connectivity index (χ4v) is 6.66. The molecule has 4 aliphatic rings. The molecule has 216 valence electrons. The molecule has 0 aromatic carbocycles. The molecule has 0 aromatic heterocycles. The molecule has 10 atom stereocenters. The van der Waals surface area contributed by atoms with E-state index in [1.807, 2.05) is 6.92 Å². The van der Waals surface area contributed by atoms with E-state index in [0.717, 1.165) is 0 Å². The van der Waals surface area contributed by atoms with Crippen LogP contribution in [-0.4, -0.2) is 81.4 Å². The number of aliphatic hydroxyl groups excluding tert-OH is 1. The number of hydrogen-bond acceptors (Lipinski definition) is 11. The van der Waals surface area contributed by atoms with Crippen LogP contribution in [0.5, 0.6) is 0 Å². The molecule has 11 heteroatoms. The van der Waals surface area contributed by atoms with Crippen LogP contribution in [0.3, 0.4) is 0 Å². The standard InChI is InChI=1S/C28H38O11/c1-8-9-21(32)37-18-10-11-25(5)19(35-15(3)29)13-17(31)14(2)12-20-28(27(7,39-28)24(33)38-20)23(36-16(4)30)22(25)26(18,6)34/h10-12,17-20,22-23,31,34H,8-9,13H2,1-7H3/b14-12+/t17-,18+,19+,20+,22-,23+,25-,26+,27+,28+/m1/s1. The maximum Gasteiger partial charge on any atom is 0.342 e. The summed E-state index contributed by atoms with van der Waals surface area (Å²) in [4.78, 5) is 50.4. The molecular weight excluding hydrogens is 512 g/mol. The molecule has 2 saturated heterocycles. The topological polar surface area (TPSA) is 158 Å². The average molecular weight is 551 g/mol. The zero-order valence-corrected chi connectivity index (χ0v) is 23.4. The first-order valence-electron chi connectivity index (χ1n) is 13.3. The quantitative estimate of drug-likeness (QED) is 0.222. The van der Waals surface area contributed by atoms with E-state index in [1.165, 1.54) is 39.8 Å². The number of carbonyl (C=O) groups is 4. The third-order valence-corrected chi connectivity index (χ3v) is 8.74. The molecule has 2 heterocycles. The summed E-state index contributed by atoms with van der Waals surface area (Å²) in [6, 6.07) is 0. The molecule has 39 heavy (non-hydrogen) atoms. The van der Waals surface area contributed by atoms with E-state index in [1.54, 1.807) is 19.9 Å². The van der Waals surface area contributed by atoms with Crippen LogP contribution in [0.4, 0.5) is 0 Å².